The lowest BCUT2D eigenvalue weighted by Crippen LogP contribution is -2.56. The number of hydrogen-bond donors (Lipinski definition) is 0. The van der Waals surface area contributed by atoms with Crippen LogP contribution in [-0.2, 0) is 0 Å². The van der Waals surface area contributed by atoms with E-state index in [4.69, 9.17) is 0 Å². The summed E-state index contributed by atoms with van der Waals surface area (Å²) in [4.78, 5) is 0. The molecule has 0 fully saturated rings. The zero-order valence-corrected chi connectivity index (χ0v) is 54.1. The van der Waals surface area contributed by atoms with Crippen molar-refractivity contribution < 1.29 is 0 Å². The maximum absolute atomic E-state index is 2.61. The van der Waals surface area contributed by atoms with Crippen LogP contribution in [0.25, 0.3) is 109 Å². The van der Waals surface area contributed by atoms with Gasteiger partial charge in [0, 0.05) is 0 Å². The zero-order chi connectivity index (χ0) is 58.0. The number of benzene rings is 11. The Morgan fingerprint density at radius 1 is 0.127 bits per heavy atom. The van der Waals surface area contributed by atoms with Gasteiger partial charge in [-0.3, -0.25) is 0 Å². The van der Waals surface area contributed by atoms with Crippen molar-refractivity contribution in [2.24, 2.45) is 0 Å². The fraction of sp³-hybridized carbons (Fsp3) is 0. The van der Waals surface area contributed by atoms with Gasteiger partial charge in [-0.1, -0.05) is 137 Å². The molecule has 0 radical (unpaired) electrons. The second-order valence-electron chi connectivity index (χ2n) is 25.9. The molecule has 11 aromatic carbocycles. The van der Waals surface area contributed by atoms with Crippen LogP contribution < -0.4 is 158 Å². The van der Waals surface area contributed by atoms with Crippen molar-refractivity contribution in [2.45, 2.75) is 0 Å². The smallest absolute Gasteiger partial charge is 0.102 e. The summed E-state index contributed by atoms with van der Waals surface area (Å²) >= 11 is 0. The standard InChI is InChI=1S/C50H59B29/c51-3-1-2(23(52)27(56)5(3)10-11-6-8-16(34(63)29(11)58)40(69)46(75)42(71)18(8)38(67)36(65)14(6)32(61)28(10)57)4-24(53)20(26(55)21(25(4)54)22-44(73)48(77)50(79)49(78)45(22)74)13-12-7-9-17(35(64)30(12)59)41(70)47(76)43(72)19(9)39(68)37(66)15(7)33(62)31(13)60/h1H,51-79H2. The van der Waals surface area contributed by atoms with E-state index in [0.29, 0.717) is 0 Å². The van der Waals surface area contributed by atoms with Crippen molar-refractivity contribution in [3.05, 3.63) is 6.07 Å². The Morgan fingerprint density at radius 2 is 0.316 bits per heavy atom. The molecule has 0 unspecified atom stereocenters. The van der Waals surface area contributed by atoms with E-state index in [9.17, 15) is 0 Å². The molecule has 0 aliphatic rings. The van der Waals surface area contributed by atoms with E-state index in [1.807, 2.05) is 0 Å². The van der Waals surface area contributed by atoms with Crippen molar-refractivity contribution in [2.75, 3.05) is 0 Å². The third kappa shape index (κ3) is 6.98. The highest BCUT2D eigenvalue weighted by Crippen LogP contribution is 2.36. The molecule has 0 saturated carbocycles. The molecular formula is C50H59B29. The molecule has 0 aromatic heterocycles. The van der Waals surface area contributed by atoms with Crippen LogP contribution in [0.5, 0.6) is 0 Å². The van der Waals surface area contributed by atoms with Gasteiger partial charge in [0.25, 0.3) is 0 Å². The molecule has 29 heteroatoms. The summed E-state index contributed by atoms with van der Waals surface area (Å²) in [6.45, 7) is 0. The Morgan fingerprint density at radius 3 is 0.658 bits per heavy atom. The van der Waals surface area contributed by atoms with Crippen LogP contribution in [0.2, 0.25) is 0 Å². The normalized spacial score (nSPS) is 12.0. The summed E-state index contributed by atoms with van der Waals surface area (Å²) in [5.41, 5.74) is 51.9. The van der Waals surface area contributed by atoms with Crippen molar-refractivity contribution >= 4 is 451 Å². The van der Waals surface area contributed by atoms with E-state index in [-0.39, 0.29) is 0 Å². The van der Waals surface area contributed by atoms with Gasteiger partial charge in [-0.05, 0) is 109 Å². The quantitative estimate of drug-likeness (QED) is 0.122. The molecular weight excluding hydrogens is 914 g/mol. The SMILES string of the molecule is Bc1cc(-c2c(B)c(-c3c(B)c(B)c(B)c(B)c3B)c(B)c(-c3c(B)c(B)c4c(B)c(B)c5c(B)c(B)c(B)c6c(B)c(B)c3c4c56)c2B)c(B)c(B)c1-c1c(B)c(B)c2c(B)c(B)c3c(B)c(B)c(B)c4c(B)c(B)c1c2c34. The second-order valence-corrected chi connectivity index (χ2v) is 25.9. The Balaban J connectivity index is 1.33. The minimum absolute atomic E-state index is 1.34. The van der Waals surface area contributed by atoms with Gasteiger partial charge in [-0.2, -0.15) is 0 Å². The highest BCUT2D eigenvalue weighted by atomic mass is 14.3. The van der Waals surface area contributed by atoms with Crippen LogP contribution in [0, 0.1) is 0 Å². The van der Waals surface area contributed by atoms with E-state index >= 15 is 0 Å². The Kier molecular flexibility index (Phi) is 13.3. The predicted molar refractivity (Wildman–Crippen MR) is 453 cm³/mol. The first kappa shape index (κ1) is 56.3. The molecule has 0 aliphatic carbocycles. The van der Waals surface area contributed by atoms with Crippen LogP contribution in [0.3, 0.4) is 0 Å². The molecule has 11 aromatic rings. The largest absolute Gasteiger partial charge is 0.140 e. The molecule has 0 spiro atoms. The molecule has 0 atom stereocenters. The molecule has 0 saturated heterocycles. The molecule has 0 N–H and O–H groups in total. The third-order valence-electron chi connectivity index (χ3n) is 23.0. The van der Waals surface area contributed by atoms with Gasteiger partial charge < -0.3 is 0 Å². The summed E-state index contributed by atoms with van der Waals surface area (Å²) in [7, 11) is 69.7. The topological polar surface area (TPSA) is 0 Å². The Bertz CT molecular complexity index is 4670. The molecule has 0 heterocycles. The van der Waals surface area contributed by atoms with Crippen LogP contribution in [0.1, 0.15) is 0 Å². The van der Waals surface area contributed by atoms with Crippen molar-refractivity contribution in [3.63, 3.8) is 0 Å². The van der Waals surface area contributed by atoms with E-state index in [1.54, 1.807) is 0 Å². The molecule has 0 aliphatic heterocycles. The zero-order valence-electron chi connectivity index (χ0n) is 54.1. The summed E-state index contributed by atoms with van der Waals surface area (Å²) in [5.74, 6) is 0. The molecule has 346 valence electrons. The van der Waals surface area contributed by atoms with E-state index in [2.05, 4.69) is 234 Å². The van der Waals surface area contributed by atoms with Crippen molar-refractivity contribution in [3.8, 4) is 44.5 Å². The maximum atomic E-state index is 2.61. The summed E-state index contributed by atoms with van der Waals surface area (Å²) in [5, 5.41) is 17.4. The highest BCUT2D eigenvalue weighted by molar-refractivity contribution is 6.79. The summed E-state index contributed by atoms with van der Waals surface area (Å²) in [6, 6.07) is 2.61. The highest BCUT2D eigenvalue weighted by Gasteiger charge is 2.32. The molecule has 79 heavy (non-hydrogen) atoms. The maximum Gasteiger partial charge on any atom is 0.140 e. The minimum atomic E-state index is 1.34. The molecule has 0 nitrogen and oxygen atoms in total. The fourth-order valence-electron chi connectivity index (χ4n) is 17.0. The fourth-order valence-corrected chi connectivity index (χ4v) is 17.0. The van der Waals surface area contributed by atoms with Crippen LogP contribution in [-0.4, -0.2) is 228 Å². The van der Waals surface area contributed by atoms with Gasteiger partial charge >= 0.3 is 0 Å². The van der Waals surface area contributed by atoms with Gasteiger partial charge in [0.1, 0.15) is 228 Å². The van der Waals surface area contributed by atoms with E-state index in [0.717, 1.165) is 0 Å². The van der Waals surface area contributed by atoms with E-state index in [1.165, 1.54) is 268 Å². The Labute approximate surface area is 497 Å². The molecule has 0 bridgehead atoms. The van der Waals surface area contributed by atoms with Gasteiger partial charge in [-0.15, -0.1) is 27.3 Å². The van der Waals surface area contributed by atoms with Gasteiger partial charge in [0.05, 0.1) is 0 Å². The first-order valence-corrected chi connectivity index (χ1v) is 29.6. The van der Waals surface area contributed by atoms with Crippen LogP contribution in [0.4, 0.5) is 0 Å². The number of hydrogen-bond acceptors (Lipinski definition) is 0. The predicted octanol–water partition coefficient (Wildman–Crippen LogP) is -36.4. The lowest BCUT2D eigenvalue weighted by Gasteiger charge is -2.33. The van der Waals surface area contributed by atoms with Crippen LogP contribution in [0.15, 0.2) is 6.07 Å². The van der Waals surface area contributed by atoms with Gasteiger partial charge in [0.2, 0.25) is 0 Å². The van der Waals surface area contributed by atoms with Gasteiger partial charge in [-0.25, -0.2) is 0 Å². The number of rotatable bonds is 4. The average molecular weight is 974 g/mol. The molecule has 11 rings (SSSR count). The Hall–Kier alpha value is -4.62. The van der Waals surface area contributed by atoms with Crippen molar-refractivity contribution in [1.82, 2.24) is 0 Å². The third-order valence-corrected chi connectivity index (χ3v) is 23.0. The first-order chi connectivity index (χ1) is 36.9. The lowest BCUT2D eigenvalue weighted by atomic mass is 9.55. The van der Waals surface area contributed by atoms with Crippen LogP contribution >= 0.6 is 0 Å². The first-order valence-electron chi connectivity index (χ1n) is 29.6. The van der Waals surface area contributed by atoms with Crippen molar-refractivity contribution in [1.29, 1.82) is 0 Å². The second kappa shape index (κ2) is 18.7. The molecule has 0 amide bonds. The summed E-state index contributed by atoms with van der Waals surface area (Å²) < 4.78 is 0. The van der Waals surface area contributed by atoms with Gasteiger partial charge in [0.15, 0.2) is 0 Å². The average Bonchev–Trinajstić information content (AvgIpc) is 2.45. The lowest BCUT2D eigenvalue weighted by molar-refractivity contribution is 1.75. The minimum Gasteiger partial charge on any atom is -0.102 e. The summed E-state index contributed by atoms with van der Waals surface area (Å²) in [6.07, 6.45) is 0. The van der Waals surface area contributed by atoms with E-state index < -0.39 is 0 Å². The monoisotopic (exact) mass is 979 g/mol.